The van der Waals surface area contributed by atoms with Crippen LogP contribution in [0.3, 0.4) is 0 Å². The van der Waals surface area contributed by atoms with Gasteiger partial charge in [-0.3, -0.25) is 0 Å². The standard InChI is InChI=1S/C16H14N2O4/c1-20-14-12(9-17)16(10-18,15(19)21-2)8-13(22-14)11-6-4-3-5-7-11/h3-7,13H,8H2,1-2H3. The molecule has 2 unspecified atom stereocenters. The van der Waals surface area contributed by atoms with E-state index in [1.54, 1.807) is 0 Å². The summed E-state index contributed by atoms with van der Waals surface area (Å²) in [5.41, 5.74) is -1.14. The molecular weight excluding hydrogens is 284 g/mol. The fraction of sp³-hybridized carbons (Fsp3) is 0.312. The van der Waals surface area contributed by atoms with Crippen molar-refractivity contribution in [1.29, 1.82) is 10.5 Å². The van der Waals surface area contributed by atoms with Gasteiger partial charge in [0.1, 0.15) is 17.7 Å². The zero-order chi connectivity index (χ0) is 16.2. The Hall–Kier alpha value is -2.99. The largest absolute Gasteiger partial charge is 0.468 e. The maximum Gasteiger partial charge on any atom is 0.332 e. The van der Waals surface area contributed by atoms with E-state index in [1.807, 2.05) is 42.5 Å². The number of ether oxygens (including phenoxy) is 3. The predicted octanol–water partition coefficient (Wildman–Crippen LogP) is 2.21. The smallest absolute Gasteiger partial charge is 0.332 e. The van der Waals surface area contributed by atoms with Crippen LogP contribution in [0, 0.1) is 28.1 Å². The van der Waals surface area contributed by atoms with Crippen molar-refractivity contribution in [2.24, 2.45) is 5.41 Å². The molecule has 1 heterocycles. The first-order valence-corrected chi connectivity index (χ1v) is 6.53. The maximum atomic E-state index is 12.2. The van der Waals surface area contributed by atoms with Crippen LogP contribution in [-0.4, -0.2) is 20.2 Å². The van der Waals surface area contributed by atoms with Gasteiger partial charge in [-0.05, 0) is 5.56 Å². The van der Waals surface area contributed by atoms with E-state index in [0.29, 0.717) is 0 Å². The second-order valence-electron chi connectivity index (χ2n) is 4.71. The molecule has 0 bridgehead atoms. The number of esters is 1. The van der Waals surface area contributed by atoms with E-state index >= 15 is 0 Å². The number of hydrogen-bond acceptors (Lipinski definition) is 6. The molecule has 6 heteroatoms. The molecular formula is C16H14N2O4. The summed E-state index contributed by atoms with van der Waals surface area (Å²) in [5, 5.41) is 18.9. The topological polar surface area (TPSA) is 92.3 Å². The summed E-state index contributed by atoms with van der Waals surface area (Å²) in [4.78, 5) is 12.2. The van der Waals surface area contributed by atoms with Crippen molar-refractivity contribution in [1.82, 2.24) is 0 Å². The molecule has 2 atom stereocenters. The number of nitriles is 2. The molecule has 22 heavy (non-hydrogen) atoms. The molecule has 1 aliphatic rings. The van der Waals surface area contributed by atoms with Crippen LogP contribution in [0.5, 0.6) is 0 Å². The van der Waals surface area contributed by atoms with E-state index < -0.39 is 17.5 Å². The second kappa shape index (κ2) is 6.19. The highest BCUT2D eigenvalue weighted by atomic mass is 16.7. The normalized spacial score (nSPS) is 23.7. The lowest BCUT2D eigenvalue weighted by Gasteiger charge is -2.34. The Labute approximate surface area is 128 Å². The summed E-state index contributed by atoms with van der Waals surface area (Å²) in [6.45, 7) is 0. The summed E-state index contributed by atoms with van der Waals surface area (Å²) in [6, 6.07) is 12.9. The number of carbonyl (C=O) groups excluding carboxylic acids is 1. The number of methoxy groups -OCH3 is 2. The van der Waals surface area contributed by atoms with E-state index in [1.165, 1.54) is 14.2 Å². The molecule has 0 saturated carbocycles. The molecule has 0 N–H and O–H groups in total. The lowest BCUT2D eigenvalue weighted by atomic mass is 9.75. The number of benzene rings is 1. The van der Waals surface area contributed by atoms with Crippen molar-refractivity contribution in [3.05, 3.63) is 47.4 Å². The minimum Gasteiger partial charge on any atom is -0.468 e. The van der Waals surface area contributed by atoms with Gasteiger partial charge in [0.05, 0.1) is 20.3 Å². The number of nitrogens with zero attached hydrogens (tertiary/aromatic N) is 2. The van der Waals surface area contributed by atoms with E-state index in [0.717, 1.165) is 5.56 Å². The molecule has 6 nitrogen and oxygen atoms in total. The third-order valence-corrected chi connectivity index (χ3v) is 3.57. The van der Waals surface area contributed by atoms with Crippen LogP contribution in [0.15, 0.2) is 41.9 Å². The Morgan fingerprint density at radius 1 is 1.32 bits per heavy atom. The van der Waals surface area contributed by atoms with Gasteiger partial charge in [0, 0.05) is 6.42 Å². The highest BCUT2D eigenvalue weighted by Crippen LogP contribution is 2.46. The molecule has 0 saturated heterocycles. The molecule has 0 aromatic heterocycles. The van der Waals surface area contributed by atoms with Gasteiger partial charge >= 0.3 is 5.97 Å². The monoisotopic (exact) mass is 298 g/mol. The quantitative estimate of drug-likeness (QED) is 0.794. The average molecular weight is 298 g/mol. The number of hydrogen-bond donors (Lipinski definition) is 0. The fourth-order valence-corrected chi connectivity index (χ4v) is 2.44. The Balaban J connectivity index is 2.58. The van der Waals surface area contributed by atoms with Gasteiger partial charge in [-0.25, -0.2) is 4.79 Å². The lowest BCUT2D eigenvalue weighted by Crippen LogP contribution is -2.39. The van der Waals surface area contributed by atoms with Crippen molar-refractivity contribution in [3.63, 3.8) is 0 Å². The van der Waals surface area contributed by atoms with Gasteiger partial charge in [0.15, 0.2) is 5.41 Å². The Morgan fingerprint density at radius 3 is 2.50 bits per heavy atom. The van der Waals surface area contributed by atoms with Gasteiger partial charge < -0.3 is 14.2 Å². The predicted molar refractivity (Wildman–Crippen MR) is 74.6 cm³/mol. The highest BCUT2D eigenvalue weighted by Gasteiger charge is 2.53. The first-order valence-electron chi connectivity index (χ1n) is 6.53. The summed E-state index contributed by atoms with van der Waals surface area (Å²) in [6.07, 6.45) is -0.609. The van der Waals surface area contributed by atoms with Crippen LogP contribution < -0.4 is 0 Å². The molecule has 1 aromatic rings. The van der Waals surface area contributed by atoms with Crippen molar-refractivity contribution in [2.75, 3.05) is 14.2 Å². The third-order valence-electron chi connectivity index (χ3n) is 3.57. The van der Waals surface area contributed by atoms with Crippen molar-refractivity contribution < 1.29 is 19.0 Å². The molecule has 0 amide bonds. The molecule has 1 aliphatic heterocycles. The highest BCUT2D eigenvalue weighted by molar-refractivity contribution is 5.85. The Kier molecular flexibility index (Phi) is 4.33. The molecule has 2 rings (SSSR count). The first kappa shape index (κ1) is 15.4. The van der Waals surface area contributed by atoms with E-state index in [9.17, 15) is 15.3 Å². The van der Waals surface area contributed by atoms with Crippen LogP contribution in [0.25, 0.3) is 0 Å². The second-order valence-corrected chi connectivity index (χ2v) is 4.71. The van der Waals surface area contributed by atoms with Crippen LogP contribution in [0.4, 0.5) is 0 Å². The van der Waals surface area contributed by atoms with Gasteiger partial charge in [-0.15, -0.1) is 0 Å². The summed E-state index contributed by atoms with van der Waals surface area (Å²) in [5.74, 6) is -0.931. The molecule has 0 spiro atoms. The maximum absolute atomic E-state index is 12.2. The van der Waals surface area contributed by atoms with Crippen LogP contribution in [0.2, 0.25) is 0 Å². The minimum atomic E-state index is -1.74. The fourth-order valence-electron chi connectivity index (χ4n) is 2.44. The van der Waals surface area contributed by atoms with Gasteiger partial charge in [-0.2, -0.15) is 10.5 Å². The molecule has 0 aliphatic carbocycles. The summed E-state index contributed by atoms with van der Waals surface area (Å²) in [7, 11) is 2.50. The molecule has 0 fully saturated rings. The van der Waals surface area contributed by atoms with Crippen LogP contribution in [-0.2, 0) is 19.0 Å². The molecule has 1 aromatic carbocycles. The minimum absolute atomic E-state index is 0.0179. The van der Waals surface area contributed by atoms with E-state index in [4.69, 9.17) is 14.2 Å². The third kappa shape index (κ3) is 2.36. The Bertz CT molecular complexity index is 684. The SMILES string of the molecule is COC(=O)C1(C#N)CC(c2ccccc2)OC(OC)=C1C#N. The molecule has 112 valence electrons. The Morgan fingerprint density at radius 2 is 2.00 bits per heavy atom. The van der Waals surface area contributed by atoms with Crippen LogP contribution >= 0.6 is 0 Å². The van der Waals surface area contributed by atoms with Crippen LogP contribution in [0.1, 0.15) is 18.1 Å². The van der Waals surface area contributed by atoms with Crippen molar-refractivity contribution in [3.8, 4) is 12.1 Å². The van der Waals surface area contributed by atoms with Gasteiger partial charge in [0.25, 0.3) is 5.95 Å². The summed E-state index contributed by atoms with van der Waals surface area (Å²) >= 11 is 0. The van der Waals surface area contributed by atoms with Crippen molar-refractivity contribution >= 4 is 5.97 Å². The average Bonchev–Trinajstić information content (AvgIpc) is 2.60. The zero-order valence-corrected chi connectivity index (χ0v) is 12.2. The van der Waals surface area contributed by atoms with Crippen molar-refractivity contribution in [2.45, 2.75) is 12.5 Å². The van der Waals surface area contributed by atoms with E-state index in [2.05, 4.69) is 0 Å². The first-order chi connectivity index (χ1) is 10.6. The molecule has 0 radical (unpaired) electrons. The van der Waals surface area contributed by atoms with E-state index in [-0.39, 0.29) is 17.9 Å². The number of carbonyl (C=O) groups is 1. The van der Waals surface area contributed by atoms with Gasteiger partial charge in [-0.1, -0.05) is 30.3 Å². The van der Waals surface area contributed by atoms with Gasteiger partial charge in [0.2, 0.25) is 0 Å². The number of rotatable bonds is 3. The lowest BCUT2D eigenvalue weighted by molar-refractivity contribution is -0.151. The zero-order valence-electron chi connectivity index (χ0n) is 12.2. The summed E-state index contributed by atoms with van der Waals surface area (Å²) < 4.78 is 15.5.